The second-order valence-electron chi connectivity index (χ2n) is 6.44. The van der Waals surface area contributed by atoms with Crippen LogP contribution >= 0.6 is 0 Å². The first-order chi connectivity index (χ1) is 12.4. The summed E-state index contributed by atoms with van der Waals surface area (Å²) in [5, 5.41) is 7.96. The van der Waals surface area contributed by atoms with Crippen molar-refractivity contribution in [2.24, 2.45) is 5.14 Å². The fraction of sp³-hybridized carbons (Fsp3) is 0.316. The summed E-state index contributed by atoms with van der Waals surface area (Å²) in [6.07, 6.45) is 3.06. The number of carbonyl (C=O) groups excluding carboxylic acids is 1. The Hall–Kier alpha value is -2.38. The van der Waals surface area contributed by atoms with Crippen LogP contribution in [0.3, 0.4) is 0 Å². The number of nitrogens with zero attached hydrogens (tertiary/aromatic N) is 1. The zero-order chi connectivity index (χ0) is 18.6. The van der Waals surface area contributed by atoms with Crippen molar-refractivity contribution >= 4 is 21.6 Å². The van der Waals surface area contributed by atoms with Crippen LogP contribution in [0.15, 0.2) is 53.4 Å². The molecule has 3 rings (SSSR count). The van der Waals surface area contributed by atoms with E-state index in [2.05, 4.69) is 10.2 Å². The Bertz CT molecular complexity index is 856. The highest BCUT2D eigenvalue weighted by Crippen LogP contribution is 2.20. The van der Waals surface area contributed by atoms with Gasteiger partial charge in [0.2, 0.25) is 10.0 Å². The first-order valence-corrected chi connectivity index (χ1v) is 10.2. The molecule has 0 spiro atoms. The van der Waals surface area contributed by atoms with E-state index in [0.717, 1.165) is 24.3 Å². The molecule has 1 aliphatic rings. The van der Waals surface area contributed by atoms with E-state index in [9.17, 15) is 13.2 Å². The normalized spacial score (nSPS) is 14.4. The van der Waals surface area contributed by atoms with Crippen LogP contribution in [-0.2, 0) is 16.4 Å². The maximum atomic E-state index is 12.2. The van der Waals surface area contributed by atoms with Gasteiger partial charge >= 0.3 is 0 Å². The van der Waals surface area contributed by atoms with Gasteiger partial charge in [0.15, 0.2) is 0 Å². The minimum Gasteiger partial charge on any atom is -0.372 e. The van der Waals surface area contributed by atoms with E-state index in [1.165, 1.54) is 25.0 Å². The second kappa shape index (κ2) is 7.88. The molecule has 0 saturated carbocycles. The van der Waals surface area contributed by atoms with Crippen LogP contribution < -0.4 is 15.4 Å². The number of hydrogen-bond donors (Lipinski definition) is 2. The van der Waals surface area contributed by atoms with Gasteiger partial charge in [-0.15, -0.1) is 0 Å². The zero-order valence-corrected chi connectivity index (χ0v) is 15.3. The number of sulfonamides is 1. The number of carbonyl (C=O) groups is 1. The van der Waals surface area contributed by atoms with E-state index >= 15 is 0 Å². The molecule has 2 aromatic rings. The molecule has 0 aromatic heterocycles. The van der Waals surface area contributed by atoms with Crippen LogP contribution in [0.1, 0.15) is 28.8 Å². The van der Waals surface area contributed by atoms with E-state index < -0.39 is 10.0 Å². The fourth-order valence-electron chi connectivity index (χ4n) is 3.07. The van der Waals surface area contributed by atoms with Crippen LogP contribution in [0.4, 0.5) is 5.69 Å². The third-order valence-corrected chi connectivity index (χ3v) is 5.48. The molecule has 0 unspecified atom stereocenters. The summed E-state index contributed by atoms with van der Waals surface area (Å²) in [5.74, 6) is -0.112. The maximum absolute atomic E-state index is 12.2. The van der Waals surface area contributed by atoms with Crippen molar-refractivity contribution in [1.82, 2.24) is 5.32 Å². The van der Waals surface area contributed by atoms with Crippen molar-refractivity contribution in [2.75, 3.05) is 24.5 Å². The topological polar surface area (TPSA) is 92.5 Å². The Kier molecular flexibility index (Phi) is 5.58. The molecule has 138 valence electrons. The molecule has 1 aliphatic heterocycles. The van der Waals surface area contributed by atoms with E-state index in [1.54, 1.807) is 12.1 Å². The number of primary sulfonamides is 1. The Morgan fingerprint density at radius 2 is 1.62 bits per heavy atom. The number of benzene rings is 2. The standard InChI is InChI=1S/C19H23N3O3S/c20-26(24,25)18-9-3-15(4-10-18)11-12-21-19(23)16-5-7-17(8-6-16)22-13-1-2-14-22/h3-10H,1-2,11-14H2,(H,21,23)(H2,20,24,25). The first kappa shape index (κ1) is 18.4. The van der Waals surface area contributed by atoms with Gasteiger partial charge in [0, 0.05) is 30.9 Å². The SMILES string of the molecule is NS(=O)(=O)c1ccc(CCNC(=O)c2ccc(N3CCCC3)cc2)cc1. The Labute approximate surface area is 154 Å². The summed E-state index contributed by atoms with van der Waals surface area (Å²) in [4.78, 5) is 14.6. The minimum atomic E-state index is -3.67. The highest BCUT2D eigenvalue weighted by atomic mass is 32.2. The zero-order valence-electron chi connectivity index (χ0n) is 14.5. The summed E-state index contributed by atoms with van der Waals surface area (Å²) in [7, 11) is -3.67. The number of amides is 1. The first-order valence-electron chi connectivity index (χ1n) is 8.68. The van der Waals surface area contributed by atoms with Crippen molar-refractivity contribution in [1.29, 1.82) is 0 Å². The number of nitrogens with one attached hydrogen (secondary N) is 1. The lowest BCUT2D eigenvalue weighted by Gasteiger charge is -2.17. The van der Waals surface area contributed by atoms with Crippen LogP contribution in [0, 0.1) is 0 Å². The molecule has 7 heteroatoms. The lowest BCUT2D eigenvalue weighted by Crippen LogP contribution is -2.26. The summed E-state index contributed by atoms with van der Waals surface area (Å²) in [6, 6.07) is 14.0. The Balaban J connectivity index is 1.50. The van der Waals surface area contributed by atoms with Gasteiger partial charge in [-0.05, 0) is 61.2 Å². The summed E-state index contributed by atoms with van der Waals surface area (Å²) < 4.78 is 22.5. The predicted molar refractivity (Wildman–Crippen MR) is 102 cm³/mol. The molecule has 0 aliphatic carbocycles. The van der Waals surface area contributed by atoms with Gasteiger partial charge in [0.25, 0.3) is 5.91 Å². The average Bonchev–Trinajstić information content (AvgIpc) is 3.16. The summed E-state index contributed by atoms with van der Waals surface area (Å²) >= 11 is 0. The number of rotatable bonds is 6. The van der Waals surface area contributed by atoms with Gasteiger partial charge in [-0.2, -0.15) is 0 Å². The lowest BCUT2D eigenvalue weighted by atomic mass is 10.1. The van der Waals surface area contributed by atoms with Crippen molar-refractivity contribution in [3.05, 3.63) is 59.7 Å². The molecule has 2 aromatic carbocycles. The van der Waals surface area contributed by atoms with Gasteiger partial charge in [-0.1, -0.05) is 12.1 Å². The van der Waals surface area contributed by atoms with Crippen LogP contribution in [0.5, 0.6) is 0 Å². The van der Waals surface area contributed by atoms with Crippen molar-refractivity contribution in [2.45, 2.75) is 24.2 Å². The average molecular weight is 373 g/mol. The van der Waals surface area contributed by atoms with Gasteiger partial charge in [-0.3, -0.25) is 4.79 Å². The lowest BCUT2D eigenvalue weighted by molar-refractivity contribution is 0.0954. The second-order valence-corrected chi connectivity index (χ2v) is 8.00. The van der Waals surface area contributed by atoms with Crippen LogP contribution in [0.2, 0.25) is 0 Å². The predicted octanol–water partition coefficient (Wildman–Crippen LogP) is 1.91. The molecule has 6 nitrogen and oxygen atoms in total. The van der Waals surface area contributed by atoms with E-state index in [0.29, 0.717) is 18.5 Å². The van der Waals surface area contributed by atoms with Gasteiger partial charge in [0.05, 0.1) is 4.90 Å². The highest BCUT2D eigenvalue weighted by molar-refractivity contribution is 7.89. The minimum absolute atomic E-state index is 0.0865. The van der Waals surface area contributed by atoms with E-state index in [4.69, 9.17) is 5.14 Å². The smallest absolute Gasteiger partial charge is 0.251 e. The highest BCUT2D eigenvalue weighted by Gasteiger charge is 2.13. The number of anilines is 1. The molecule has 26 heavy (non-hydrogen) atoms. The molecule has 0 bridgehead atoms. The molecule has 1 fully saturated rings. The molecule has 3 N–H and O–H groups in total. The summed E-state index contributed by atoms with van der Waals surface area (Å²) in [6.45, 7) is 2.63. The molecule has 1 saturated heterocycles. The molecule has 0 atom stereocenters. The Morgan fingerprint density at radius 1 is 1.00 bits per heavy atom. The van der Waals surface area contributed by atoms with Crippen LogP contribution in [0.25, 0.3) is 0 Å². The molecular formula is C19H23N3O3S. The van der Waals surface area contributed by atoms with Gasteiger partial charge in [-0.25, -0.2) is 13.6 Å². The van der Waals surface area contributed by atoms with E-state index in [1.807, 2.05) is 24.3 Å². The fourth-order valence-corrected chi connectivity index (χ4v) is 3.58. The molecule has 0 radical (unpaired) electrons. The third-order valence-electron chi connectivity index (χ3n) is 4.55. The largest absolute Gasteiger partial charge is 0.372 e. The van der Waals surface area contributed by atoms with E-state index in [-0.39, 0.29) is 10.8 Å². The molecular weight excluding hydrogens is 350 g/mol. The Morgan fingerprint density at radius 3 is 2.19 bits per heavy atom. The van der Waals surface area contributed by atoms with Crippen molar-refractivity contribution in [3.63, 3.8) is 0 Å². The van der Waals surface area contributed by atoms with Gasteiger partial charge < -0.3 is 10.2 Å². The summed E-state index contributed by atoms with van der Waals surface area (Å²) in [5.41, 5.74) is 2.73. The maximum Gasteiger partial charge on any atom is 0.251 e. The molecule has 1 heterocycles. The van der Waals surface area contributed by atoms with Crippen molar-refractivity contribution in [3.8, 4) is 0 Å². The molecule has 1 amide bonds. The van der Waals surface area contributed by atoms with Crippen LogP contribution in [-0.4, -0.2) is 34.0 Å². The number of hydrogen-bond acceptors (Lipinski definition) is 4. The third kappa shape index (κ3) is 4.62. The quantitative estimate of drug-likeness (QED) is 0.809. The van der Waals surface area contributed by atoms with Crippen molar-refractivity contribution < 1.29 is 13.2 Å². The monoisotopic (exact) mass is 373 g/mol. The number of nitrogens with two attached hydrogens (primary N) is 1. The van der Waals surface area contributed by atoms with Gasteiger partial charge in [0.1, 0.15) is 0 Å².